The molecule has 3 heterocycles. The molecule has 28 heavy (non-hydrogen) atoms. The van der Waals surface area contributed by atoms with Gasteiger partial charge in [0, 0.05) is 18.7 Å². The highest BCUT2D eigenvalue weighted by Crippen LogP contribution is 2.17. The van der Waals surface area contributed by atoms with Crippen LogP contribution in [0.25, 0.3) is 0 Å². The first-order valence-electron chi connectivity index (χ1n) is 9.80. The molecule has 0 spiro atoms. The molecule has 1 unspecified atom stereocenters. The number of rotatable bonds is 7. The van der Waals surface area contributed by atoms with Gasteiger partial charge in [0.25, 0.3) is 0 Å². The van der Waals surface area contributed by atoms with Crippen molar-refractivity contribution in [2.24, 2.45) is 0 Å². The molecule has 2 aromatic rings. The van der Waals surface area contributed by atoms with E-state index in [4.69, 9.17) is 0 Å². The average molecular weight is 611 g/mol. The maximum Gasteiger partial charge on any atom is 0.181 e. The highest BCUT2D eigenvalue weighted by atomic mass is 127. The van der Waals surface area contributed by atoms with Gasteiger partial charge in [0.1, 0.15) is 25.6 Å². The van der Waals surface area contributed by atoms with Crippen LogP contribution in [0.15, 0.2) is 55.6 Å². The minimum Gasteiger partial charge on any atom is -1.00 e. The third-order valence-electron chi connectivity index (χ3n) is 4.79. The predicted octanol–water partition coefficient (Wildman–Crippen LogP) is -2.41. The molecule has 1 aliphatic rings. The van der Waals surface area contributed by atoms with Crippen molar-refractivity contribution in [3.8, 4) is 0 Å². The molecule has 0 N–H and O–H groups in total. The lowest BCUT2D eigenvalue weighted by molar-refractivity contribution is -0.693. The molecule has 0 amide bonds. The Balaban J connectivity index is 0.000000570. The van der Waals surface area contributed by atoms with E-state index in [2.05, 4.69) is 90.1 Å². The van der Waals surface area contributed by atoms with Crippen molar-refractivity contribution in [2.75, 3.05) is 20.3 Å². The topological polar surface area (TPSA) is 24.9 Å². The van der Waals surface area contributed by atoms with Crippen LogP contribution in [0.1, 0.15) is 45.1 Å². The van der Waals surface area contributed by atoms with Gasteiger partial charge in [0.2, 0.25) is 0 Å². The van der Waals surface area contributed by atoms with Gasteiger partial charge >= 0.3 is 0 Å². The third-order valence-corrected chi connectivity index (χ3v) is 4.79. The van der Waals surface area contributed by atoms with Crippen LogP contribution in [-0.2, 0) is 6.54 Å². The lowest BCUT2D eigenvalue weighted by Crippen LogP contribution is -3.00. The minimum absolute atomic E-state index is 0. The number of halogens is 2. The van der Waals surface area contributed by atoms with Crippen molar-refractivity contribution >= 4 is 0 Å². The summed E-state index contributed by atoms with van der Waals surface area (Å²) in [6, 6.07) is 4.17. The molecule has 1 aliphatic heterocycles. The third kappa shape index (κ3) is 8.36. The summed E-state index contributed by atoms with van der Waals surface area (Å²) >= 11 is 0. The van der Waals surface area contributed by atoms with Crippen molar-refractivity contribution in [3.63, 3.8) is 0 Å². The first kappa shape index (κ1) is 27.3. The van der Waals surface area contributed by atoms with E-state index >= 15 is 0 Å². The van der Waals surface area contributed by atoms with E-state index in [1.807, 2.05) is 12.5 Å². The summed E-state index contributed by atoms with van der Waals surface area (Å²) in [5.41, 5.74) is 1.32. The number of aryl methyl sites for hydroxylation is 2. The lowest BCUT2D eigenvalue weighted by Gasteiger charge is -2.31. The average Bonchev–Trinajstić information content (AvgIpc) is 3.30. The van der Waals surface area contributed by atoms with E-state index in [1.165, 1.54) is 31.2 Å². The van der Waals surface area contributed by atoms with Crippen molar-refractivity contribution in [2.45, 2.75) is 53.0 Å². The molecular formula is C21H35I2N5. The van der Waals surface area contributed by atoms with Gasteiger partial charge in [0.05, 0.1) is 18.6 Å². The molecule has 7 heteroatoms. The molecule has 0 aromatic carbocycles. The van der Waals surface area contributed by atoms with Gasteiger partial charge in [-0.2, -0.15) is 9.27 Å². The van der Waals surface area contributed by atoms with Crippen LogP contribution >= 0.6 is 0 Å². The normalized spacial score (nSPS) is 17.4. The zero-order chi connectivity index (χ0) is 18.8. The summed E-state index contributed by atoms with van der Waals surface area (Å²) in [4.78, 5) is 6.41. The Morgan fingerprint density at radius 1 is 1.18 bits per heavy atom. The van der Waals surface area contributed by atoms with Crippen molar-refractivity contribution < 1.29 is 52.5 Å². The van der Waals surface area contributed by atoms with Crippen LogP contribution in [0.5, 0.6) is 0 Å². The second-order valence-corrected chi connectivity index (χ2v) is 7.12. The monoisotopic (exact) mass is 611 g/mol. The number of nitrogens with zero attached hydrogens (tertiary/aromatic N) is 5. The second kappa shape index (κ2) is 14.3. The molecule has 0 radical (unpaired) electrons. The molecule has 5 nitrogen and oxygen atoms in total. The molecule has 158 valence electrons. The van der Waals surface area contributed by atoms with Gasteiger partial charge in [0.15, 0.2) is 19.1 Å². The summed E-state index contributed by atoms with van der Waals surface area (Å²) < 4.78 is 5.22. The zero-order valence-electron chi connectivity index (χ0n) is 17.6. The van der Waals surface area contributed by atoms with Gasteiger partial charge in [-0.15, -0.1) is 0 Å². The smallest absolute Gasteiger partial charge is 0.181 e. The summed E-state index contributed by atoms with van der Waals surface area (Å²) in [5, 5.41) is 0. The van der Waals surface area contributed by atoms with Gasteiger partial charge in [-0.05, 0) is 32.8 Å². The lowest BCUT2D eigenvalue weighted by atomic mass is 10.2. The number of pyridine rings is 1. The Hall–Kier alpha value is -0.680. The van der Waals surface area contributed by atoms with Gasteiger partial charge < -0.3 is 52.9 Å². The van der Waals surface area contributed by atoms with E-state index in [0.717, 1.165) is 24.4 Å². The summed E-state index contributed by atoms with van der Waals surface area (Å²) in [6.07, 6.45) is 19.7. The standard InChI is InChI=1S/C13H23N4.C8H12N.2HI/c1-3-4-5-6-10-17(11-9-15(2)13-17)16-8-7-14-12-16;1-3-9-6-4-5-8(2)7-9;;/h7-9,11-12H,3-6,10,13H2,1-2H3;4-7H,3H2,1-2H3;2*1H/q2*+1;;/p-2. The van der Waals surface area contributed by atoms with Crippen molar-refractivity contribution in [1.29, 1.82) is 0 Å². The fourth-order valence-electron chi connectivity index (χ4n) is 3.28. The van der Waals surface area contributed by atoms with Crippen LogP contribution < -0.4 is 57.1 Å². The highest BCUT2D eigenvalue weighted by Gasteiger charge is 2.32. The number of hydrogen-bond acceptors (Lipinski definition) is 2. The van der Waals surface area contributed by atoms with Crippen LogP contribution in [0.3, 0.4) is 0 Å². The number of aromatic nitrogens is 3. The van der Waals surface area contributed by atoms with Crippen LogP contribution in [0, 0.1) is 6.92 Å². The van der Waals surface area contributed by atoms with Gasteiger partial charge in [-0.1, -0.05) is 19.8 Å². The first-order valence-corrected chi connectivity index (χ1v) is 9.80. The van der Waals surface area contributed by atoms with Crippen LogP contribution in [0.4, 0.5) is 0 Å². The molecule has 0 saturated heterocycles. The number of hydrogen-bond donors (Lipinski definition) is 0. The quantitative estimate of drug-likeness (QED) is 0.151. The van der Waals surface area contributed by atoms with E-state index in [1.54, 1.807) is 0 Å². The molecule has 2 aromatic heterocycles. The van der Waals surface area contributed by atoms with E-state index in [0.29, 0.717) is 0 Å². The van der Waals surface area contributed by atoms with Gasteiger partial charge in [-0.3, -0.25) is 0 Å². The first-order chi connectivity index (χ1) is 12.6. The largest absolute Gasteiger partial charge is 1.00 e. The van der Waals surface area contributed by atoms with Crippen LogP contribution in [-0.4, -0.2) is 34.8 Å². The summed E-state index contributed by atoms with van der Waals surface area (Å²) in [6.45, 7) is 9.71. The maximum atomic E-state index is 4.18. The molecule has 0 bridgehead atoms. The SMILES string of the molecule is CCCCCC[N+]1(n2ccnc2)C=CN(C)C1.CC[n+]1cccc(C)c1.[I-].[I-]. The molecule has 1 atom stereocenters. The fourth-order valence-corrected chi connectivity index (χ4v) is 3.28. The summed E-state index contributed by atoms with van der Waals surface area (Å²) in [7, 11) is 2.12. The second-order valence-electron chi connectivity index (χ2n) is 7.12. The molecule has 3 rings (SSSR count). The number of quaternary nitrogens is 1. The molecular weight excluding hydrogens is 576 g/mol. The molecule has 0 fully saturated rings. The Kier molecular flexibility index (Phi) is 14.0. The van der Waals surface area contributed by atoms with E-state index in [-0.39, 0.29) is 48.0 Å². The van der Waals surface area contributed by atoms with Crippen LogP contribution in [0.2, 0.25) is 0 Å². The number of unbranched alkanes of at least 4 members (excludes halogenated alkanes) is 3. The Morgan fingerprint density at radius 2 is 1.96 bits per heavy atom. The zero-order valence-corrected chi connectivity index (χ0v) is 22.0. The molecule has 0 saturated carbocycles. The van der Waals surface area contributed by atoms with E-state index in [9.17, 15) is 0 Å². The Labute approximate surface area is 205 Å². The van der Waals surface area contributed by atoms with Gasteiger partial charge in [-0.25, -0.2) is 9.55 Å². The Morgan fingerprint density at radius 3 is 2.46 bits per heavy atom. The maximum absolute atomic E-state index is 4.18. The van der Waals surface area contributed by atoms with Crippen molar-refractivity contribution in [1.82, 2.24) is 19.2 Å². The number of imidazole rings is 1. The molecule has 0 aliphatic carbocycles. The minimum atomic E-state index is 0. The van der Waals surface area contributed by atoms with Crippen molar-refractivity contribution in [3.05, 3.63) is 61.2 Å². The summed E-state index contributed by atoms with van der Waals surface area (Å²) in [5.74, 6) is 0. The highest BCUT2D eigenvalue weighted by molar-refractivity contribution is 5.04. The van der Waals surface area contributed by atoms with E-state index < -0.39 is 0 Å². The predicted molar refractivity (Wildman–Crippen MR) is 108 cm³/mol. The Bertz CT molecular complexity index is 675. The fraction of sp³-hybridized carbons (Fsp3) is 0.524.